The zero-order valence-electron chi connectivity index (χ0n) is 10.8. The van der Waals surface area contributed by atoms with Crippen LogP contribution < -0.4 is 0 Å². The van der Waals surface area contributed by atoms with Crippen LogP contribution in [-0.4, -0.2) is 26.3 Å². The van der Waals surface area contributed by atoms with Crippen molar-refractivity contribution < 1.29 is 12.6 Å². The SMILES string of the molecule is Cc1ncsc1C1CCC(COS(C)(=O)=O)CC1. The van der Waals surface area contributed by atoms with Crippen molar-refractivity contribution in [1.82, 2.24) is 4.98 Å². The van der Waals surface area contributed by atoms with Gasteiger partial charge in [0.2, 0.25) is 0 Å². The lowest BCUT2D eigenvalue weighted by molar-refractivity contribution is 0.206. The average molecular weight is 289 g/mol. The van der Waals surface area contributed by atoms with Gasteiger partial charge in [-0.2, -0.15) is 8.42 Å². The fourth-order valence-corrected chi connectivity index (χ4v) is 3.93. The Morgan fingerprint density at radius 2 is 2.06 bits per heavy atom. The third-order valence-electron chi connectivity index (χ3n) is 3.52. The van der Waals surface area contributed by atoms with E-state index in [1.54, 1.807) is 11.3 Å². The molecule has 1 aromatic heterocycles. The van der Waals surface area contributed by atoms with E-state index in [9.17, 15) is 8.42 Å². The first-order valence-corrected chi connectivity index (χ1v) is 8.89. The van der Waals surface area contributed by atoms with Crippen LogP contribution in [0.4, 0.5) is 0 Å². The molecule has 102 valence electrons. The molecule has 1 fully saturated rings. The molecule has 1 heterocycles. The zero-order valence-corrected chi connectivity index (χ0v) is 12.4. The van der Waals surface area contributed by atoms with Crippen LogP contribution in [0.2, 0.25) is 0 Å². The number of aryl methyl sites for hydroxylation is 1. The number of hydrogen-bond acceptors (Lipinski definition) is 5. The Balaban J connectivity index is 1.83. The van der Waals surface area contributed by atoms with Crippen LogP contribution in [0.1, 0.15) is 42.2 Å². The molecule has 4 nitrogen and oxygen atoms in total. The van der Waals surface area contributed by atoms with Crippen LogP contribution >= 0.6 is 11.3 Å². The Kier molecular flexibility index (Phi) is 4.40. The summed E-state index contributed by atoms with van der Waals surface area (Å²) in [7, 11) is -3.29. The maximum Gasteiger partial charge on any atom is 0.264 e. The number of rotatable bonds is 4. The molecule has 1 aliphatic carbocycles. The van der Waals surface area contributed by atoms with Crippen LogP contribution in [0.25, 0.3) is 0 Å². The summed E-state index contributed by atoms with van der Waals surface area (Å²) < 4.78 is 26.8. The molecule has 1 aromatic rings. The lowest BCUT2D eigenvalue weighted by atomic mass is 9.81. The lowest BCUT2D eigenvalue weighted by Gasteiger charge is -2.27. The van der Waals surface area contributed by atoms with Crippen molar-refractivity contribution in [3.63, 3.8) is 0 Å². The van der Waals surface area contributed by atoms with Gasteiger partial charge in [0.1, 0.15) is 0 Å². The largest absolute Gasteiger partial charge is 0.270 e. The third-order valence-corrected chi connectivity index (χ3v) is 5.18. The van der Waals surface area contributed by atoms with Crippen LogP contribution in [-0.2, 0) is 14.3 Å². The standard InChI is InChI=1S/C12H19NO3S2/c1-9-12(17-8-13-9)11-5-3-10(4-6-11)7-16-18(2,14)15/h8,10-11H,3-7H2,1-2H3. The van der Waals surface area contributed by atoms with Crippen molar-refractivity contribution in [3.05, 3.63) is 16.1 Å². The van der Waals surface area contributed by atoms with Crippen LogP contribution in [0.15, 0.2) is 5.51 Å². The van der Waals surface area contributed by atoms with E-state index in [4.69, 9.17) is 4.18 Å². The minimum atomic E-state index is -3.29. The first-order chi connectivity index (χ1) is 8.46. The smallest absolute Gasteiger partial charge is 0.264 e. The van der Waals surface area contributed by atoms with Crippen molar-refractivity contribution >= 4 is 21.5 Å². The minimum Gasteiger partial charge on any atom is -0.270 e. The van der Waals surface area contributed by atoms with Gasteiger partial charge in [0, 0.05) is 4.88 Å². The van der Waals surface area contributed by atoms with E-state index in [1.165, 1.54) is 4.88 Å². The number of nitrogens with zero attached hydrogens (tertiary/aromatic N) is 1. The first kappa shape index (κ1) is 14.0. The highest BCUT2D eigenvalue weighted by Crippen LogP contribution is 2.38. The second-order valence-electron chi connectivity index (χ2n) is 5.01. The monoisotopic (exact) mass is 289 g/mol. The predicted octanol–water partition coefficient (Wildman–Crippen LogP) is 2.70. The van der Waals surface area contributed by atoms with Gasteiger partial charge in [-0.3, -0.25) is 4.18 Å². The van der Waals surface area contributed by atoms with Gasteiger partial charge in [0.25, 0.3) is 10.1 Å². The fraction of sp³-hybridized carbons (Fsp3) is 0.750. The normalized spacial score (nSPS) is 25.2. The second-order valence-corrected chi connectivity index (χ2v) is 7.54. The lowest BCUT2D eigenvalue weighted by Crippen LogP contribution is -2.19. The molecule has 0 N–H and O–H groups in total. The van der Waals surface area contributed by atoms with Crippen molar-refractivity contribution in [2.24, 2.45) is 5.92 Å². The van der Waals surface area contributed by atoms with Crippen LogP contribution in [0, 0.1) is 12.8 Å². The molecule has 0 radical (unpaired) electrons. The van der Waals surface area contributed by atoms with E-state index >= 15 is 0 Å². The molecule has 18 heavy (non-hydrogen) atoms. The summed E-state index contributed by atoms with van der Waals surface area (Å²) in [6.45, 7) is 2.40. The molecule has 0 bridgehead atoms. The Morgan fingerprint density at radius 1 is 1.39 bits per heavy atom. The molecular weight excluding hydrogens is 270 g/mol. The summed E-state index contributed by atoms with van der Waals surface area (Å²) in [5, 5.41) is 0. The van der Waals surface area contributed by atoms with E-state index in [2.05, 4.69) is 11.9 Å². The molecule has 6 heteroatoms. The van der Waals surface area contributed by atoms with Gasteiger partial charge in [0.15, 0.2) is 0 Å². The summed E-state index contributed by atoms with van der Waals surface area (Å²) in [6.07, 6.45) is 5.41. The highest BCUT2D eigenvalue weighted by molar-refractivity contribution is 7.85. The molecule has 0 aliphatic heterocycles. The van der Waals surface area contributed by atoms with E-state index < -0.39 is 10.1 Å². The highest BCUT2D eigenvalue weighted by atomic mass is 32.2. The molecule has 1 aliphatic rings. The summed E-state index contributed by atoms with van der Waals surface area (Å²) in [6, 6.07) is 0. The van der Waals surface area contributed by atoms with Gasteiger partial charge < -0.3 is 0 Å². The molecule has 1 saturated carbocycles. The molecule has 0 spiro atoms. The minimum absolute atomic E-state index is 0.341. The van der Waals surface area contributed by atoms with E-state index in [0.29, 0.717) is 18.4 Å². The molecule has 0 saturated heterocycles. The van der Waals surface area contributed by atoms with E-state index in [1.807, 2.05) is 5.51 Å². The Hall–Kier alpha value is -0.460. The van der Waals surface area contributed by atoms with Gasteiger partial charge >= 0.3 is 0 Å². The highest BCUT2D eigenvalue weighted by Gasteiger charge is 2.25. The molecule has 0 unspecified atom stereocenters. The van der Waals surface area contributed by atoms with Crippen molar-refractivity contribution in [1.29, 1.82) is 0 Å². The Morgan fingerprint density at radius 3 is 2.56 bits per heavy atom. The molecule has 2 rings (SSSR count). The van der Waals surface area contributed by atoms with Crippen LogP contribution in [0.5, 0.6) is 0 Å². The number of thiazole rings is 1. The van der Waals surface area contributed by atoms with Gasteiger partial charge in [0.05, 0.1) is 24.1 Å². The molecule has 0 amide bonds. The average Bonchev–Trinajstić information content (AvgIpc) is 2.73. The quantitative estimate of drug-likeness (QED) is 0.800. The summed E-state index contributed by atoms with van der Waals surface area (Å²) in [4.78, 5) is 5.69. The van der Waals surface area contributed by atoms with Gasteiger partial charge in [-0.1, -0.05) is 0 Å². The van der Waals surface area contributed by atoms with E-state index in [0.717, 1.165) is 37.6 Å². The molecular formula is C12H19NO3S2. The maximum atomic E-state index is 10.9. The second kappa shape index (κ2) is 5.67. The van der Waals surface area contributed by atoms with Crippen molar-refractivity contribution in [2.45, 2.75) is 38.5 Å². The Labute approximate surface area is 113 Å². The zero-order chi connectivity index (χ0) is 13.2. The summed E-state index contributed by atoms with van der Waals surface area (Å²) in [5.41, 5.74) is 3.06. The molecule has 0 atom stereocenters. The third kappa shape index (κ3) is 3.76. The number of hydrogen-bond donors (Lipinski definition) is 0. The van der Waals surface area contributed by atoms with Crippen molar-refractivity contribution in [3.8, 4) is 0 Å². The topological polar surface area (TPSA) is 56.3 Å². The van der Waals surface area contributed by atoms with Gasteiger partial charge in [-0.25, -0.2) is 4.98 Å². The number of aromatic nitrogens is 1. The molecule has 0 aromatic carbocycles. The fourth-order valence-electron chi connectivity index (χ4n) is 2.51. The van der Waals surface area contributed by atoms with Gasteiger partial charge in [-0.15, -0.1) is 11.3 Å². The van der Waals surface area contributed by atoms with Gasteiger partial charge in [-0.05, 0) is 44.4 Å². The predicted molar refractivity (Wildman–Crippen MR) is 72.3 cm³/mol. The first-order valence-electron chi connectivity index (χ1n) is 6.20. The maximum absolute atomic E-state index is 10.9. The summed E-state index contributed by atoms with van der Waals surface area (Å²) >= 11 is 1.74. The van der Waals surface area contributed by atoms with Crippen LogP contribution in [0.3, 0.4) is 0 Å². The van der Waals surface area contributed by atoms with E-state index in [-0.39, 0.29) is 0 Å². The Bertz CT molecular complexity index is 487. The summed E-state index contributed by atoms with van der Waals surface area (Å²) in [5.74, 6) is 0.983. The van der Waals surface area contributed by atoms with Crippen molar-refractivity contribution in [2.75, 3.05) is 12.9 Å².